The number of rotatable bonds is 4. The molecule has 3 nitrogen and oxygen atoms in total. The molecule has 2 N–H and O–H groups in total. The summed E-state index contributed by atoms with van der Waals surface area (Å²) in [5.41, 5.74) is 8.16. The van der Waals surface area contributed by atoms with E-state index in [1.165, 1.54) is 5.56 Å². The summed E-state index contributed by atoms with van der Waals surface area (Å²) >= 11 is 0. The van der Waals surface area contributed by atoms with Crippen LogP contribution in [0.2, 0.25) is 0 Å². The van der Waals surface area contributed by atoms with Crippen molar-refractivity contribution in [3.63, 3.8) is 0 Å². The molecule has 86 valence electrons. The second-order valence-electron chi connectivity index (χ2n) is 4.08. The van der Waals surface area contributed by atoms with Crippen molar-refractivity contribution in [2.24, 2.45) is 5.73 Å². The summed E-state index contributed by atoms with van der Waals surface area (Å²) in [6.07, 6.45) is 3.10. The molecule has 0 unspecified atom stereocenters. The second kappa shape index (κ2) is 5.03. The van der Waals surface area contributed by atoms with Crippen molar-refractivity contribution in [1.29, 1.82) is 0 Å². The van der Waals surface area contributed by atoms with Gasteiger partial charge in [-0.25, -0.2) is 5.01 Å². The Morgan fingerprint density at radius 2 is 2.00 bits per heavy atom. The van der Waals surface area contributed by atoms with Gasteiger partial charge in [-0.1, -0.05) is 37.3 Å². The summed E-state index contributed by atoms with van der Waals surface area (Å²) in [6.45, 7) is 5.03. The minimum Gasteiger partial charge on any atom is -0.400 e. The van der Waals surface area contributed by atoms with E-state index in [2.05, 4.69) is 47.3 Å². The molecule has 0 spiro atoms. The van der Waals surface area contributed by atoms with E-state index in [0.717, 1.165) is 31.8 Å². The quantitative estimate of drug-likeness (QED) is 0.831. The molecule has 1 heterocycles. The molecule has 3 heteroatoms. The van der Waals surface area contributed by atoms with Gasteiger partial charge < -0.3 is 10.7 Å². The highest BCUT2D eigenvalue weighted by Gasteiger charge is 2.17. The smallest absolute Gasteiger partial charge is 0.0592 e. The molecule has 0 saturated carbocycles. The Morgan fingerprint density at radius 1 is 1.25 bits per heavy atom. The van der Waals surface area contributed by atoms with Gasteiger partial charge in [0.05, 0.1) is 6.54 Å². The summed E-state index contributed by atoms with van der Waals surface area (Å²) in [5, 5.41) is 4.49. The van der Waals surface area contributed by atoms with Gasteiger partial charge in [0.15, 0.2) is 0 Å². The number of likely N-dealkylation sites (N-methyl/N-ethyl adjacent to an activating group) is 1. The van der Waals surface area contributed by atoms with E-state index in [1.807, 2.05) is 6.20 Å². The van der Waals surface area contributed by atoms with Crippen LogP contribution in [0.5, 0.6) is 0 Å². The van der Waals surface area contributed by atoms with Gasteiger partial charge in [-0.3, -0.25) is 0 Å². The molecule has 0 bridgehead atoms. The van der Waals surface area contributed by atoms with Crippen molar-refractivity contribution < 1.29 is 0 Å². The summed E-state index contributed by atoms with van der Waals surface area (Å²) in [6, 6.07) is 10.6. The molecule has 0 fully saturated rings. The minimum absolute atomic E-state index is 0.866. The summed E-state index contributed by atoms with van der Waals surface area (Å²) in [7, 11) is 0. The fourth-order valence-electron chi connectivity index (χ4n) is 2.00. The monoisotopic (exact) mass is 217 g/mol. The molecule has 2 rings (SSSR count). The van der Waals surface area contributed by atoms with E-state index in [-0.39, 0.29) is 0 Å². The van der Waals surface area contributed by atoms with Crippen LogP contribution >= 0.6 is 0 Å². The zero-order valence-electron chi connectivity index (χ0n) is 9.76. The van der Waals surface area contributed by atoms with Crippen LogP contribution in [0.1, 0.15) is 12.5 Å². The maximum atomic E-state index is 5.84. The van der Waals surface area contributed by atoms with Crippen LogP contribution in [-0.2, 0) is 6.42 Å². The van der Waals surface area contributed by atoms with Crippen LogP contribution in [0.3, 0.4) is 0 Å². The van der Waals surface area contributed by atoms with E-state index in [9.17, 15) is 0 Å². The molecule has 1 aliphatic heterocycles. The lowest BCUT2D eigenvalue weighted by atomic mass is 10.1. The van der Waals surface area contributed by atoms with Gasteiger partial charge in [-0.05, 0) is 12.0 Å². The van der Waals surface area contributed by atoms with Crippen molar-refractivity contribution in [1.82, 2.24) is 10.0 Å². The molecule has 0 aromatic heterocycles. The van der Waals surface area contributed by atoms with E-state index >= 15 is 0 Å². The van der Waals surface area contributed by atoms with Crippen LogP contribution < -0.4 is 5.73 Å². The van der Waals surface area contributed by atoms with Crippen LogP contribution in [-0.4, -0.2) is 29.7 Å². The van der Waals surface area contributed by atoms with Crippen molar-refractivity contribution in [3.05, 3.63) is 47.8 Å². The van der Waals surface area contributed by atoms with E-state index in [4.69, 9.17) is 5.73 Å². The normalized spacial score (nSPS) is 16.6. The summed E-state index contributed by atoms with van der Waals surface area (Å²) < 4.78 is 0. The predicted octanol–water partition coefficient (Wildman–Crippen LogP) is 1.58. The Kier molecular flexibility index (Phi) is 3.47. The molecule has 16 heavy (non-hydrogen) atoms. The average molecular weight is 217 g/mol. The van der Waals surface area contributed by atoms with Gasteiger partial charge in [0, 0.05) is 25.0 Å². The van der Waals surface area contributed by atoms with Crippen molar-refractivity contribution in [2.45, 2.75) is 13.3 Å². The van der Waals surface area contributed by atoms with Crippen molar-refractivity contribution in [3.8, 4) is 0 Å². The molecule has 0 radical (unpaired) electrons. The van der Waals surface area contributed by atoms with Crippen molar-refractivity contribution >= 4 is 0 Å². The first-order valence-electron chi connectivity index (χ1n) is 5.81. The topological polar surface area (TPSA) is 32.5 Å². The lowest BCUT2D eigenvalue weighted by Gasteiger charge is -2.27. The predicted molar refractivity (Wildman–Crippen MR) is 66.4 cm³/mol. The van der Waals surface area contributed by atoms with E-state index in [1.54, 1.807) is 0 Å². The van der Waals surface area contributed by atoms with Crippen LogP contribution in [0.25, 0.3) is 0 Å². The second-order valence-corrected chi connectivity index (χ2v) is 4.08. The molecule has 0 aliphatic carbocycles. The number of hydrogen-bond acceptors (Lipinski definition) is 3. The largest absolute Gasteiger partial charge is 0.400 e. The third kappa shape index (κ3) is 2.55. The van der Waals surface area contributed by atoms with Crippen LogP contribution in [0.15, 0.2) is 42.2 Å². The number of hydrogen-bond donors (Lipinski definition) is 1. The van der Waals surface area contributed by atoms with Gasteiger partial charge in [-0.2, -0.15) is 0 Å². The van der Waals surface area contributed by atoms with Gasteiger partial charge in [-0.15, -0.1) is 0 Å². The summed E-state index contributed by atoms with van der Waals surface area (Å²) in [4.78, 5) is 0. The summed E-state index contributed by atoms with van der Waals surface area (Å²) in [5.74, 6) is 0. The maximum absolute atomic E-state index is 5.84. The molecule has 1 aromatic rings. The zero-order chi connectivity index (χ0) is 11.4. The Hall–Kier alpha value is -1.48. The number of hydrazine groups is 1. The molecule has 1 aromatic carbocycles. The van der Waals surface area contributed by atoms with Crippen LogP contribution in [0, 0.1) is 0 Å². The Balaban J connectivity index is 1.90. The minimum atomic E-state index is 0.866. The third-order valence-corrected chi connectivity index (χ3v) is 2.88. The highest BCUT2D eigenvalue weighted by atomic mass is 15.6. The number of nitrogens with two attached hydrogens (primary N) is 1. The highest BCUT2D eigenvalue weighted by molar-refractivity contribution is 5.15. The lowest BCUT2D eigenvalue weighted by molar-refractivity contribution is 0.0587. The number of nitrogens with zero attached hydrogens (tertiary/aromatic N) is 2. The Bertz CT molecular complexity index is 359. The standard InChI is InChI=1S/C13H19N3/c1-2-15-10-13(14)11-16(15)9-8-12-6-4-3-5-7-12/h3-7,11H,2,8-10,14H2,1H3. The number of benzene rings is 1. The SMILES string of the molecule is CCN1CC(N)=CN1CCc1ccccc1. The van der Waals surface area contributed by atoms with Gasteiger partial charge >= 0.3 is 0 Å². The molecular weight excluding hydrogens is 198 g/mol. The fourth-order valence-corrected chi connectivity index (χ4v) is 2.00. The van der Waals surface area contributed by atoms with Gasteiger partial charge in [0.1, 0.15) is 0 Å². The fraction of sp³-hybridized carbons (Fsp3) is 0.385. The molecule has 0 saturated heterocycles. The Labute approximate surface area is 97.1 Å². The first-order chi connectivity index (χ1) is 7.79. The molecule has 0 atom stereocenters. The van der Waals surface area contributed by atoms with Gasteiger partial charge in [0.25, 0.3) is 0 Å². The molecule has 1 aliphatic rings. The lowest BCUT2D eigenvalue weighted by Crippen LogP contribution is -2.36. The van der Waals surface area contributed by atoms with Crippen LogP contribution in [0.4, 0.5) is 0 Å². The van der Waals surface area contributed by atoms with E-state index in [0.29, 0.717) is 0 Å². The molecule has 0 amide bonds. The zero-order valence-corrected chi connectivity index (χ0v) is 9.76. The first kappa shape index (κ1) is 11.0. The molecular formula is C13H19N3. The highest BCUT2D eigenvalue weighted by Crippen LogP contribution is 2.12. The Morgan fingerprint density at radius 3 is 2.69 bits per heavy atom. The average Bonchev–Trinajstić information content (AvgIpc) is 2.68. The van der Waals surface area contributed by atoms with Crippen molar-refractivity contribution in [2.75, 3.05) is 19.6 Å². The third-order valence-electron chi connectivity index (χ3n) is 2.88. The maximum Gasteiger partial charge on any atom is 0.0592 e. The van der Waals surface area contributed by atoms with Gasteiger partial charge in [0.2, 0.25) is 0 Å². The first-order valence-corrected chi connectivity index (χ1v) is 5.81. The van der Waals surface area contributed by atoms with E-state index < -0.39 is 0 Å².